The number of rotatable bonds is 3. The number of carbonyl (C=O) groups is 1. The van der Waals surface area contributed by atoms with E-state index in [4.69, 9.17) is 18.6 Å². The molecule has 0 amide bonds. The third kappa shape index (κ3) is 3.60. The first-order valence-electron chi connectivity index (χ1n) is 8.88. The number of hydrogen-bond donors (Lipinski definition) is 0. The number of fused-ring (bicyclic) bond motifs is 2. The molecule has 0 unspecified atom stereocenters. The van der Waals surface area contributed by atoms with E-state index in [0.717, 1.165) is 17.4 Å². The fraction of sp³-hybridized carbons (Fsp3) is 0.333. The lowest BCUT2D eigenvalue weighted by Gasteiger charge is -2.39. The maximum atomic E-state index is 12.2. The zero-order valence-corrected chi connectivity index (χ0v) is 15.2. The van der Waals surface area contributed by atoms with E-state index in [9.17, 15) is 9.59 Å². The van der Waals surface area contributed by atoms with Crippen molar-refractivity contribution in [2.24, 2.45) is 0 Å². The Bertz CT molecular complexity index is 1010. The Labute approximate surface area is 156 Å². The predicted octanol–water partition coefficient (Wildman–Crippen LogP) is 3.28. The summed E-state index contributed by atoms with van der Waals surface area (Å²) < 4.78 is 22.3. The minimum absolute atomic E-state index is 0.405. The highest BCUT2D eigenvalue weighted by Gasteiger charge is 2.39. The molecule has 27 heavy (non-hydrogen) atoms. The molecule has 0 spiro atoms. The number of benzene rings is 1. The van der Waals surface area contributed by atoms with Crippen molar-refractivity contribution in [3.63, 3.8) is 0 Å². The zero-order valence-electron chi connectivity index (χ0n) is 15.2. The smallest absolute Gasteiger partial charge is 0.336 e. The number of esters is 1. The fourth-order valence-corrected chi connectivity index (χ4v) is 3.26. The Morgan fingerprint density at radius 3 is 2.93 bits per heavy atom. The third-order valence-electron chi connectivity index (χ3n) is 4.73. The van der Waals surface area contributed by atoms with Crippen LogP contribution < -0.4 is 10.4 Å². The molecule has 6 nitrogen and oxygen atoms in total. The van der Waals surface area contributed by atoms with Gasteiger partial charge in [0.2, 0.25) is 0 Å². The summed E-state index contributed by atoms with van der Waals surface area (Å²) in [5.41, 5.74) is 0.250. The number of hydrogen-bond acceptors (Lipinski definition) is 6. The van der Waals surface area contributed by atoms with Crippen molar-refractivity contribution in [2.75, 3.05) is 6.61 Å². The SMILES string of the molecule is CC1(C)Oc2cc3oc(=O)ccc3cc2C[C@@H]1OC(=O)/C=C/C1=CCCO1. The van der Waals surface area contributed by atoms with Gasteiger partial charge in [-0.2, -0.15) is 0 Å². The van der Waals surface area contributed by atoms with E-state index in [1.807, 2.05) is 26.0 Å². The van der Waals surface area contributed by atoms with Crippen LogP contribution in [0, 0.1) is 0 Å². The van der Waals surface area contributed by atoms with Gasteiger partial charge in [-0.05, 0) is 43.7 Å². The standard InChI is InChI=1S/C21H20O6/c1-21(2)18(26-20(23)8-6-15-4-3-9-24-15)11-14-10-13-5-7-19(22)25-16(13)12-17(14)27-21/h4-8,10,12,18H,3,9,11H2,1-2H3/b8-6+/t18-/m0/s1. The summed E-state index contributed by atoms with van der Waals surface area (Å²) in [6.45, 7) is 4.38. The summed E-state index contributed by atoms with van der Waals surface area (Å²) in [7, 11) is 0. The highest BCUT2D eigenvalue weighted by molar-refractivity contribution is 5.83. The molecule has 4 rings (SSSR count). The molecule has 0 aliphatic carbocycles. The van der Waals surface area contributed by atoms with E-state index in [1.165, 1.54) is 12.1 Å². The van der Waals surface area contributed by atoms with Gasteiger partial charge in [-0.1, -0.05) is 0 Å². The monoisotopic (exact) mass is 368 g/mol. The van der Waals surface area contributed by atoms with Gasteiger partial charge in [0.25, 0.3) is 0 Å². The molecule has 1 atom stereocenters. The van der Waals surface area contributed by atoms with Gasteiger partial charge in [-0.15, -0.1) is 0 Å². The summed E-state index contributed by atoms with van der Waals surface area (Å²) in [5.74, 6) is 0.877. The highest BCUT2D eigenvalue weighted by atomic mass is 16.6. The minimum atomic E-state index is -0.720. The van der Waals surface area contributed by atoms with Crippen LogP contribution in [0.25, 0.3) is 11.0 Å². The van der Waals surface area contributed by atoms with Crippen molar-refractivity contribution in [3.05, 3.63) is 64.2 Å². The van der Waals surface area contributed by atoms with Gasteiger partial charge in [0.15, 0.2) is 0 Å². The maximum absolute atomic E-state index is 12.2. The first kappa shape index (κ1) is 17.4. The Morgan fingerprint density at radius 1 is 1.30 bits per heavy atom. The summed E-state index contributed by atoms with van der Waals surface area (Å²) >= 11 is 0. The van der Waals surface area contributed by atoms with Gasteiger partial charge in [0.1, 0.15) is 28.8 Å². The third-order valence-corrected chi connectivity index (χ3v) is 4.73. The summed E-state index contributed by atoms with van der Waals surface area (Å²) in [6, 6.07) is 6.71. The van der Waals surface area contributed by atoms with Crippen molar-refractivity contribution in [1.29, 1.82) is 0 Å². The zero-order chi connectivity index (χ0) is 19.0. The van der Waals surface area contributed by atoms with Gasteiger partial charge in [-0.3, -0.25) is 0 Å². The molecule has 0 saturated heterocycles. The Kier molecular flexibility index (Phi) is 4.26. The van der Waals surface area contributed by atoms with Crippen molar-refractivity contribution in [2.45, 2.75) is 38.4 Å². The van der Waals surface area contributed by atoms with Crippen LogP contribution in [0.5, 0.6) is 5.75 Å². The number of ether oxygens (including phenoxy) is 3. The van der Waals surface area contributed by atoms with Crippen LogP contribution in [-0.2, 0) is 20.7 Å². The largest absolute Gasteiger partial charge is 0.494 e. The second-order valence-electron chi connectivity index (χ2n) is 7.16. The number of carbonyl (C=O) groups excluding carboxylic acids is 1. The molecule has 1 aromatic heterocycles. The average molecular weight is 368 g/mol. The van der Waals surface area contributed by atoms with Crippen LogP contribution in [0.1, 0.15) is 25.8 Å². The molecule has 0 saturated carbocycles. The molecule has 0 N–H and O–H groups in total. The Morgan fingerprint density at radius 2 is 2.15 bits per heavy atom. The van der Waals surface area contributed by atoms with Crippen molar-refractivity contribution in [3.8, 4) is 5.75 Å². The van der Waals surface area contributed by atoms with E-state index < -0.39 is 23.3 Å². The first-order chi connectivity index (χ1) is 12.9. The van der Waals surface area contributed by atoms with Crippen molar-refractivity contribution >= 4 is 16.9 Å². The summed E-state index contributed by atoms with van der Waals surface area (Å²) in [4.78, 5) is 23.6. The molecule has 2 aliphatic heterocycles. The molecule has 0 fully saturated rings. The van der Waals surface area contributed by atoms with Crippen LogP contribution in [0.4, 0.5) is 0 Å². The topological polar surface area (TPSA) is 75.0 Å². The lowest BCUT2D eigenvalue weighted by Crippen LogP contribution is -2.48. The van der Waals surface area contributed by atoms with E-state index in [0.29, 0.717) is 30.1 Å². The average Bonchev–Trinajstić information content (AvgIpc) is 3.12. The van der Waals surface area contributed by atoms with E-state index >= 15 is 0 Å². The maximum Gasteiger partial charge on any atom is 0.336 e. The predicted molar refractivity (Wildman–Crippen MR) is 98.6 cm³/mol. The Hall–Kier alpha value is -3.02. The van der Waals surface area contributed by atoms with Crippen LogP contribution in [0.2, 0.25) is 0 Å². The van der Waals surface area contributed by atoms with Crippen LogP contribution >= 0.6 is 0 Å². The molecule has 2 aliphatic rings. The molecule has 2 aromatic rings. The molecular formula is C21H20O6. The second kappa shape index (κ2) is 6.61. The van der Waals surface area contributed by atoms with Gasteiger partial charge in [0.05, 0.1) is 6.61 Å². The van der Waals surface area contributed by atoms with Gasteiger partial charge >= 0.3 is 11.6 Å². The molecule has 0 bridgehead atoms. The summed E-state index contributed by atoms with van der Waals surface area (Å²) in [5, 5.41) is 0.798. The van der Waals surface area contributed by atoms with Crippen molar-refractivity contribution in [1.82, 2.24) is 0 Å². The second-order valence-corrected chi connectivity index (χ2v) is 7.16. The Balaban J connectivity index is 1.56. The quantitative estimate of drug-likeness (QED) is 0.470. The molecular weight excluding hydrogens is 348 g/mol. The van der Waals surface area contributed by atoms with Gasteiger partial charge in [0, 0.05) is 36.4 Å². The van der Waals surface area contributed by atoms with Crippen molar-refractivity contribution < 1.29 is 23.4 Å². The van der Waals surface area contributed by atoms with Crippen LogP contribution in [-0.4, -0.2) is 24.3 Å². The number of allylic oxidation sites excluding steroid dienone is 1. The highest BCUT2D eigenvalue weighted by Crippen LogP contribution is 2.37. The molecule has 0 radical (unpaired) electrons. The van der Waals surface area contributed by atoms with Crippen LogP contribution in [0.3, 0.4) is 0 Å². The lowest BCUT2D eigenvalue weighted by atomic mass is 9.90. The normalized spacial score (nSPS) is 20.7. The van der Waals surface area contributed by atoms with E-state index in [2.05, 4.69) is 0 Å². The first-order valence-corrected chi connectivity index (χ1v) is 8.88. The molecule has 3 heterocycles. The molecule has 1 aromatic carbocycles. The van der Waals surface area contributed by atoms with E-state index in [-0.39, 0.29) is 0 Å². The molecule has 6 heteroatoms. The van der Waals surface area contributed by atoms with Gasteiger partial charge in [-0.25, -0.2) is 9.59 Å². The minimum Gasteiger partial charge on any atom is -0.494 e. The van der Waals surface area contributed by atoms with E-state index in [1.54, 1.807) is 18.2 Å². The lowest BCUT2D eigenvalue weighted by molar-refractivity contribution is -0.155. The van der Waals surface area contributed by atoms with Gasteiger partial charge < -0.3 is 18.6 Å². The van der Waals surface area contributed by atoms with Crippen LogP contribution in [0.15, 0.2) is 57.5 Å². The molecule has 140 valence electrons. The summed E-state index contributed by atoms with van der Waals surface area (Å²) in [6.07, 6.45) is 5.83. The fourth-order valence-electron chi connectivity index (χ4n) is 3.26.